The van der Waals surface area contributed by atoms with Gasteiger partial charge < -0.3 is 19.9 Å². The Kier molecular flexibility index (Phi) is 5.49. The van der Waals surface area contributed by atoms with Gasteiger partial charge in [0, 0.05) is 30.1 Å². The van der Waals surface area contributed by atoms with Crippen molar-refractivity contribution in [3.63, 3.8) is 0 Å². The monoisotopic (exact) mass is 457 g/mol. The van der Waals surface area contributed by atoms with E-state index >= 15 is 0 Å². The molecule has 0 atom stereocenters. The first-order valence-electron chi connectivity index (χ1n) is 11.3. The summed E-state index contributed by atoms with van der Waals surface area (Å²) in [6.07, 6.45) is 1.11. The number of nitrogens with zero attached hydrogens (tertiary/aromatic N) is 4. The molecule has 0 aliphatic carbocycles. The predicted molar refractivity (Wildman–Crippen MR) is 132 cm³/mol. The average Bonchev–Trinajstić information content (AvgIpc) is 2.77. The van der Waals surface area contributed by atoms with E-state index < -0.39 is 0 Å². The maximum Gasteiger partial charge on any atom is 0.256 e. The summed E-state index contributed by atoms with van der Waals surface area (Å²) in [4.78, 5) is 25.9. The van der Waals surface area contributed by atoms with Gasteiger partial charge in [-0.05, 0) is 50.2 Å². The van der Waals surface area contributed by atoms with Gasteiger partial charge in [-0.25, -0.2) is 9.97 Å². The highest BCUT2D eigenvalue weighted by Gasteiger charge is 2.49. The van der Waals surface area contributed by atoms with Crippen LogP contribution in [-0.2, 0) is 4.74 Å². The van der Waals surface area contributed by atoms with Gasteiger partial charge in [0.25, 0.3) is 5.91 Å². The average molecular weight is 458 g/mol. The van der Waals surface area contributed by atoms with Crippen molar-refractivity contribution in [1.82, 2.24) is 14.9 Å². The standard InChI is InChI=1S/C25H27N7O2/c1-16(2)32(15-26)23(27)19-4-3-5-21(28-19)30-24(33)18-7-6-17-8-9-22(29-20(17)10-18)31-11-25(12-31)13-34-14-25/h3-10,15-16,26-27H,11-14H2,1-2H3,(H,28,30,33). The smallest absolute Gasteiger partial charge is 0.256 e. The number of carbonyl (C=O) groups is 1. The first kappa shape index (κ1) is 22.0. The molecular formula is C25H27N7O2. The van der Waals surface area contributed by atoms with Gasteiger partial charge in [0.15, 0.2) is 5.84 Å². The summed E-state index contributed by atoms with van der Waals surface area (Å²) in [6.45, 7) is 7.35. The van der Waals surface area contributed by atoms with Crippen LogP contribution in [0.15, 0.2) is 48.5 Å². The van der Waals surface area contributed by atoms with Crippen molar-refractivity contribution in [3.8, 4) is 0 Å². The van der Waals surface area contributed by atoms with Crippen LogP contribution in [-0.4, -0.2) is 65.3 Å². The Morgan fingerprint density at radius 3 is 2.62 bits per heavy atom. The molecule has 34 heavy (non-hydrogen) atoms. The third-order valence-corrected chi connectivity index (χ3v) is 6.32. The van der Waals surface area contributed by atoms with Crippen LogP contribution >= 0.6 is 0 Å². The molecule has 174 valence electrons. The van der Waals surface area contributed by atoms with Crippen molar-refractivity contribution in [2.75, 3.05) is 36.5 Å². The molecule has 9 nitrogen and oxygen atoms in total. The van der Waals surface area contributed by atoms with Crippen LogP contribution in [0.1, 0.15) is 29.9 Å². The minimum Gasteiger partial charge on any atom is -0.380 e. The van der Waals surface area contributed by atoms with E-state index in [0.717, 1.165) is 49.4 Å². The summed E-state index contributed by atoms with van der Waals surface area (Å²) < 4.78 is 5.35. The molecule has 0 radical (unpaired) electrons. The molecule has 0 bridgehead atoms. The molecule has 1 spiro atoms. The Hall–Kier alpha value is -3.85. The fraction of sp³-hybridized carbons (Fsp3) is 0.320. The van der Waals surface area contributed by atoms with E-state index in [9.17, 15) is 4.79 Å². The zero-order chi connectivity index (χ0) is 23.9. The highest BCUT2D eigenvalue weighted by Crippen LogP contribution is 2.39. The normalized spacial score (nSPS) is 16.1. The van der Waals surface area contributed by atoms with Crippen LogP contribution in [0.2, 0.25) is 0 Å². The Morgan fingerprint density at radius 2 is 1.94 bits per heavy atom. The van der Waals surface area contributed by atoms with Crippen molar-refractivity contribution < 1.29 is 9.53 Å². The van der Waals surface area contributed by atoms with Crippen molar-refractivity contribution in [1.29, 1.82) is 10.8 Å². The summed E-state index contributed by atoms with van der Waals surface area (Å²) in [6, 6.07) is 14.5. The number of ether oxygens (including phenoxy) is 1. The Balaban J connectivity index is 1.32. The first-order chi connectivity index (χ1) is 16.4. The van der Waals surface area contributed by atoms with E-state index in [0.29, 0.717) is 22.5 Å². The number of amidine groups is 1. The molecule has 5 rings (SSSR count). The molecule has 1 aromatic carbocycles. The molecular weight excluding hydrogens is 430 g/mol. The highest BCUT2D eigenvalue weighted by molar-refractivity contribution is 6.06. The number of amides is 1. The number of hydrogen-bond donors (Lipinski definition) is 3. The molecule has 2 aliphatic heterocycles. The largest absolute Gasteiger partial charge is 0.380 e. The molecule has 4 heterocycles. The second-order valence-electron chi connectivity index (χ2n) is 9.27. The SMILES string of the molecule is CC(C)N(C=N)C(=N)c1cccc(NC(=O)c2ccc3ccc(N4CC5(COC5)C4)nc3c2)n1. The summed E-state index contributed by atoms with van der Waals surface area (Å²) in [7, 11) is 0. The predicted octanol–water partition coefficient (Wildman–Crippen LogP) is 3.36. The Morgan fingerprint density at radius 1 is 1.18 bits per heavy atom. The molecule has 2 aromatic heterocycles. The summed E-state index contributed by atoms with van der Waals surface area (Å²) >= 11 is 0. The topological polar surface area (TPSA) is 118 Å². The van der Waals surface area contributed by atoms with Crippen LogP contribution in [0.25, 0.3) is 10.9 Å². The maximum absolute atomic E-state index is 13.0. The summed E-state index contributed by atoms with van der Waals surface area (Å²) in [5.41, 5.74) is 1.93. The van der Waals surface area contributed by atoms with Crippen LogP contribution in [0.4, 0.5) is 11.6 Å². The van der Waals surface area contributed by atoms with Gasteiger partial charge in [-0.2, -0.15) is 0 Å². The molecule has 1 amide bonds. The van der Waals surface area contributed by atoms with E-state index in [1.807, 2.05) is 32.0 Å². The second kappa shape index (κ2) is 8.49. The number of fused-ring (bicyclic) bond motifs is 1. The van der Waals surface area contributed by atoms with Gasteiger partial charge in [-0.15, -0.1) is 0 Å². The zero-order valence-electron chi connectivity index (χ0n) is 19.2. The van der Waals surface area contributed by atoms with Gasteiger partial charge in [-0.3, -0.25) is 15.6 Å². The zero-order valence-corrected chi connectivity index (χ0v) is 19.2. The van der Waals surface area contributed by atoms with Crippen LogP contribution < -0.4 is 10.2 Å². The lowest BCUT2D eigenvalue weighted by Gasteiger charge is -2.55. The van der Waals surface area contributed by atoms with Gasteiger partial charge in [0.1, 0.15) is 17.3 Å². The third-order valence-electron chi connectivity index (χ3n) is 6.32. The van der Waals surface area contributed by atoms with E-state index in [1.54, 1.807) is 30.3 Å². The quantitative estimate of drug-likeness (QED) is 0.386. The van der Waals surface area contributed by atoms with Crippen LogP contribution in [0.3, 0.4) is 0 Å². The fourth-order valence-corrected chi connectivity index (χ4v) is 4.35. The number of carbonyl (C=O) groups excluding carboxylic acids is 1. The molecule has 2 saturated heterocycles. The van der Waals surface area contributed by atoms with E-state index in [-0.39, 0.29) is 17.8 Å². The van der Waals surface area contributed by atoms with E-state index in [1.165, 1.54) is 4.90 Å². The minimum atomic E-state index is -0.299. The number of rotatable bonds is 6. The number of benzene rings is 1. The van der Waals surface area contributed by atoms with Crippen molar-refractivity contribution in [2.24, 2.45) is 5.41 Å². The van der Waals surface area contributed by atoms with E-state index in [2.05, 4.69) is 15.2 Å². The lowest BCUT2D eigenvalue weighted by Crippen LogP contribution is -2.66. The Labute approximate surface area is 197 Å². The second-order valence-corrected chi connectivity index (χ2v) is 9.27. The molecule has 9 heteroatoms. The lowest BCUT2D eigenvalue weighted by atomic mass is 9.78. The van der Waals surface area contributed by atoms with Gasteiger partial charge >= 0.3 is 0 Å². The number of pyridine rings is 2. The molecule has 2 fully saturated rings. The number of anilines is 2. The van der Waals surface area contributed by atoms with Crippen LogP contribution in [0, 0.1) is 16.2 Å². The molecule has 2 aliphatic rings. The maximum atomic E-state index is 13.0. The van der Waals surface area contributed by atoms with Crippen LogP contribution in [0.5, 0.6) is 0 Å². The first-order valence-corrected chi connectivity index (χ1v) is 11.3. The lowest BCUT2D eigenvalue weighted by molar-refractivity contribution is -0.127. The van der Waals surface area contributed by atoms with Crippen molar-refractivity contribution >= 4 is 40.6 Å². The molecule has 3 aromatic rings. The van der Waals surface area contributed by atoms with Gasteiger partial charge in [0.2, 0.25) is 0 Å². The third kappa shape index (κ3) is 3.99. The van der Waals surface area contributed by atoms with Gasteiger partial charge in [0.05, 0.1) is 30.5 Å². The minimum absolute atomic E-state index is 0.0520. The summed E-state index contributed by atoms with van der Waals surface area (Å²) in [5, 5.41) is 19.7. The van der Waals surface area contributed by atoms with Crippen molar-refractivity contribution in [3.05, 3.63) is 59.8 Å². The number of hydrogen-bond acceptors (Lipinski definition) is 7. The number of aromatic nitrogens is 2. The van der Waals surface area contributed by atoms with E-state index in [4.69, 9.17) is 20.5 Å². The highest BCUT2D eigenvalue weighted by atomic mass is 16.5. The number of nitrogens with one attached hydrogen (secondary N) is 3. The Bertz CT molecular complexity index is 1280. The summed E-state index contributed by atoms with van der Waals surface area (Å²) in [5.74, 6) is 1.06. The van der Waals surface area contributed by atoms with Gasteiger partial charge in [-0.1, -0.05) is 12.1 Å². The molecule has 0 unspecified atom stereocenters. The molecule has 0 saturated carbocycles. The molecule has 3 N–H and O–H groups in total. The fourth-order valence-electron chi connectivity index (χ4n) is 4.35. The van der Waals surface area contributed by atoms with Crippen molar-refractivity contribution in [2.45, 2.75) is 19.9 Å².